The fourth-order valence-corrected chi connectivity index (χ4v) is 2.02. The minimum atomic E-state index is 0.590. The van der Waals surface area contributed by atoms with E-state index in [1.807, 2.05) is 29.7 Å². The normalized spacial score (nSPS) is 11.2. The molecule has 0 atom stereocenters. The number of imidazole rings is 1. The van der Waals surface area contributed by atoms with Crippen molar-refractivity contribution in [3.63, 3.8) is 0 Å². The van der Waals surface area contributed by atoms with Crippen molar-refractivity contribution >= 4 is 5.65 Å². The van der Waals surface area contributed by atoms with Crippen LogP contribution in [0.4, 0.5) is 0 Å². The molecular formula is C13H14N4O. The summed E-state index contributed by atoms with van der Waals surface area (Å²) in [7, 11) is 0. The molecule has 0 saturated heterocycles. The van der Waals surface area contributed by atoms with E-state index < -0.39 is 0 Å². The second-order valence-corrected chi connectivity index (χ2v) is 4.16. The molecular weight excluding hydrogens is 228 g/mol. The van der Waals surface area contributed by atoms with Crippen LogP contribution in [0.2, 0.25) is 0 Å². The van der Waals surface area contributed by atoms with Crippen LogP contribution in [0.25, 0.3) is 17.0 Å². The van der Waals surface area contributed by atoms with Gasteiger partial charge in [0.15, 0.2) is 5.65 Å². The van der Waals surface area contributed by atoms with Gasteiger partial charge in [0.2, 0.25) is 0 Å². The van der Waals surface area contributed by atoms with Crippen LogP contribution in [0.3, 0.4) is 0 Å². The first-order chi connectivity index (χ1) is 8.79. The minimum Gasteiger partial charge on any atom is -0.464 e. The third-order valence-electron chi connectivity index (χ3n) is 2.91. The Labute approximate surface area is 104 Å². The maximum absolute atomic E-state index is 5.57. The number of rotatable bonds is 3. The molecule has 3 heterocycles. The summed E-state index contributed by atoms with van der Waals surface area (Å²) in [6.45, 7) is 2.54. The third-order valence-corrected chi connectivity index (χ3v) is 2.91. The van der Waals surface area contributed by atoms with E-state index in [2.05, 4.69) is 9.97 Å². The Balaban J connectivity index is 2.24. The number of furan rings is 1. The predicted octanol–water partition coefficient (Wildman–Crippen LogP) is 1.80. The summed E-state index contributed by atoms with van der Waals surface area (Å²) in [5, 5.41) is 0. The molecule has 0 aliphatic rings. The van der Waals surface area contributed by atoms with Crippen molar-refractivity contribution in [3.8, 4) is 11.3 Å². The van der Waals surface area contributed by atoms with Crippen LogP contribution in [-0.4, -0.2) is 20.9 Å². The van der Waals surface area contributed by atoms with Crippen LogP contribution in [-0.2, 0) is 6.42 Å². The summed E-state index contributed by atoms with van der Waals surface area (Å²) in [6, 6.07) is 3.76. The average Bonchev–Trinajstić information content (AvgIpc) is 2.99. The van der Waals surface area contributed by atoms with Crippen molar-refractivity contribution in [2.75, 3.05) is 6.54 Å². The highest BCUT2D eigenvalue weighted by molar-refractivity contribution is 5.73. The molecule has 18 heavy (non-hydrogen) atoms. The zero-order valence-corrected chi connectivity index (χ0v) is 10.1. The van der Waals surface area contributed by atoms with Crippen LogP contribution in [0, 0.1) is 6.92 Å². The number of fused-ring (bicyclic) bond motifs is 1. The van der Waals surface area contributed by atoms with Crippen LogP contribution in [0.1, 0.15) is 11.5 Å². The van der Waals surface area contributed by atoms with Gasteiger partial charge in [0, 0.05) is 18.8 Å². The van der Waals surface area contributed by atoms with Gasteiger partial charge in [-0.25, -0.2) is 9.97 Å². The number of nitrogens with zero attached hydrogens (tertiary/aromatic N) is 3. The molecule has 0 saturated carbocycles. The Morgan fingerprint density at radius 2 is 2.33 bits per heavy atom. The lowest BCUT2D eigenvalue weighted by Crippen LogP contribution is -2.02. The van der Waals surface area contributed by atoms with Crippen molar-refractivity contribution < 1.29 is 4.42 Å². The highest BCUT2D eigenvalue weighted by Gasteiger charge is 2.12. The molecule has 0 aliphatic heterocycles. The highest BCUT2D eigenvalue weighted by atomic mass is 16.3. The zero-order valence-electron chi connectivity index (χ0n) is 10.1. The Hall–Kier alpha value is -2.14. The number of hydrogen-bond donors (Lipinski definition) is 1. The Kier molecular flexibility index (Phi) is 2.60. The molecule has 0 fully saturated rings. The van der Waals surface area contributed by atoms with Crippen LogP contribution < -0.4 is 5.73 Å². The molecule has 3 aromatic heterocycles. The molecule has 0 aliphatic carbocycles. The molecule has 0 aromatic carbocycles. The summed E-state index contributed by atoms with van der Waals surface area (Å²) in [4.78, 5) is 8.97. The second-order valence-electron chi connectivity index (χ2n) is 4.16. The largest absolute Gasteiger partial charge is 0.464 e. The van der Waals surface area contributed by atoms with Gasteiger partial charge in [-0.1, -0.05) is 0 Å². The quantitative estimate of drug-likeness (QED) is 0.760. The summed E-state index contributed by atoms with van der Waals surface area (Å²) >= 11 is 0. The van der Waals surface area contributed by atoms with Crippen molar-refractivity contribution in [3.05, 3.63) is 42.3 Å². The van der Waals surface area contributed by atoms with Gasteiger partial charge in [-0.15, -0.1) is 0 Å². The van der Waals surface area contributed by atoms with Gasteiger partial charge < -0.3 is 10.2 Å². The topological polar surface area (TPSA) is 69.3 Å². The van der Waals surface area contributed by atoms with E-state index in [-0.39, 0.29) is 0 Å². The van der Waals surface area contributed by atoms with Gasteiger partial charge in [-0.05, 0) is 25.6 Å². The average molecular weight is 242 g/mol. The van der Waals surface area contributed by atoms with Gasteiger partial charge >= 0.3 is 0 Å². The molecule has 0 radical (unpaired) electrons. The van der Waals surface area contributed by atoms with E-state index >= 15 is 0 Å². The summed E-state index contributed by atoms with van der Waals surface area (Å²) in [5.41, 5.74) is 8.30. The number of aromatic nitrogens is 3. The Bertz CT molecular complexity index is 670. The van der Waals surface area contributed by atoms with E-state index in [0.717, 1.165) is 34.9 Å². The maximum atomic E-state index is 5.57. The first-order valence-corrected chi connectivity index (χ1v) is 5.87. The van der Waals surface area contributed by atoms with Gasteiger partial charge in [-0.2, -0.15) is 0 Å². The Morgan fingerprint density at radius 1 is 1.44 bits per heavy atom. The molecule has 92 valence electrons. The molecule has 0 spiro atoms. The first kappa shape index (κ1) is 11.0. The fourth-order valence-electron chi connectivity index (χ4n) is 2.02. The highest BCUT2D eigenvalue weighted by Crippen LogP contribution is 2.24. The summed E-state index contributed by atoms with van der Waals surface area (Å²) < 4.78 is 7.39. The van der Waals surface area contributed by atoms with Crippen LogP contribution in [0.5, 0.6) is 0 Å². The minimum absolute atomic E-state index is 0.590. The SMILES string of the molecule is Cc1ncc(-c2ccco2)c2nc(CCN)cn12. The van der Waals surface area contributed by atoms with Crippen molar-refractivity contribution in [1.29, 1.82) is 0 Å². The predicted molar refractivity (Wildman–Crippen MR) is 68.2 cm³/mol. The zero-order chi connectivity index (χ0) is 12.5. The standard InChI is InChI=1S/C13H14N4O/c1-9-15-7-11(12-3-2-6-18-12)13-16-10(4-5-14)8-17(9)13/h2-3,6-8H,4-5,14H2,1H3. The van der Waals surface area contributed by atoms with E-state index in [1.54, 1.807) is 12.5 Å². The van der Waals surface area contributed by atoms with E-state index in [4.69, 9.17) is 10.2 Å². The number of aryl methyl sites for hydroxylation is 1. The van der Waals surface area contributed by atoms with Crippen LogP contribution >= 0.6 is 0 Å². The van der Waals surface area contributed by atoms with Gasteiger partial charge in [-0.3, -0.25) is 4.40 Å². The first-order valence-electron chi connectivity index (χ1n) is 5.87. The molecule has 3 rings (SSSR count). The van der Waals surface area contributed by atoms with E-state index in [9.17, 15) is 0 Å². The molecule has 2 N–H and O–H groups in total. The summed E-state index contributed by atoms with van der Waals surface area (Å²) in [6.07, 6.45) is 6.19. The lowest BCUT2D eigenvalue weighted by Gasteiger charge is -2.02. The van der Waals surface area contributed by atoms with Gasteiger partial charge in [0.25, 0.3) is 0 Å². The van der Waals surface area contributed by atoms with Gasteiger partial charge in [0.05, 0.1) is 17.5 Å². The van der Waals surface area contributed by atoms with Crippen molar-refractivity contribution in [2.24, 2.45) is 5.73 Å². The molecule has 0 bridgehead atoms. The van der Waals surface area contributed by atoms with Gasteiger partial charge in [0.1, 0.15) is 11.6 Å². The smallest absolute Gasteiger partial charge is 0.151 e. The monoisotopic (exact) mass is 242 g/mol. The lowest BCUT2D eigenvalue weighted by atomic mass is 10.2. The number of hydrogen-bond acceptors (Lipinski definition) is 4. The molecule has 3 aromatic rings. The molecule has 0 unspecified atom stereocenters. The fraction of sp³-hybridized carbons (Fsp3) is 0.231. The molecule has 5 nitrogen and oxygen atoms in total. The van der Waals surface area contributed by atoms with Crippen molar-refractivity contribution in [2.45, 2.75) is 13.3 Å². The summed E-state index contributed by atoms with van der Waals surface area (Å²) in [5.74, 6) is 1.67. The van der Waals surface area contributed by atoms with Crippen molar-refractivity contribution in [1.82, 2.24) is 14.4 Å². The van der Waals surface area contributed by atoms with E-state index in [0.29, 0.717) is 6.54 Å². The number of nitrogens with two attached hydrogens (primary N) is 1. The molecule has 0 amide bonds. The Morgan fingerprint density at radius 3 is 3.06 bits per heavy atom. The van der Waals surface area contributed by atoms with E-state index in [1.165, 1.54) is 0 Å². The van der Waals surface area contributed by atoms with Crippen LogP contribution in [0.15, 0.2) is 35.2 Å². The third kappa shape index (κ3) is 1.69. The second kappa shape index (κ2) is 4.27. The maximum Gasteiger partial charge on any atom is 0.151 e. The molecule has 5 heteroatoms. The lowest BCUT2D eigenvalue weighted by molar-refractivity contribution is 0.582.